The first-order valence-corrected chi connectivity index (χ1v) is 13.8. The number of aryl methyl sites for hydroxylation is 4. The molecule has 1 aliphatic heterocycles. The zero-order chi connectivity index (χ0) is 24.6. The van der Waals surface area contributed by atoms with E-state index in [1.807, 2.05) is 20.9 Å². The van der Waals surface area contributed by atoms with E-state index >= 15 is 0 Å². The van der Waals surface area contributed by atoms with Crippen LogP contribution >= 0.6 is 0 Å². The molecule has 0 N–H and O–H groups in total. The molecule has 0 spiro atoms. The monoisotopic (exact) mass is 490 g/mol. The maximum absolute atomic E-state index is 13.1. The van der Waals surface area contributed by atoms with Crippen molar-refractivity contribution in [3.63, 3.8) is 0 Å². The molecule has 0 unspecified atom stereocenters. The highest BCUT2D eigenvalue weighted by molar-refractivity contribution is 7.86. The molecular formula is C24H38N6O3S. The van der Waals surface area contributed by atoms with Gasteiger partial charge in [-0.25, -0.2) is 4.98 Å². The molecule has 2 aliphatic rings. The zero-order valence-electron chi connectivity index (χ0n) is 21.2. The number of amides is 1. The van der Waals surface area contributed by atoms with Crippen molar-refractivity contribution >= 4 is 27.1 Å². The van der Waals surface area contributed by atoms with Crippen molar-refractivity contribution < 1.29 is 13.2 Å². The lowest BCUT2D eigenvalue weighted by molar-refractivity contribution is -0.132. The third-order valence-electron chi connectivity index (χ3n) is 7.69. The lowest BCUT2D eigenvalue weighted by atomic mass is 9.96. The number of rotatable bonds is 6. The highest BCUT2D eigenvalue weighted by atomic mass is 32.2. The van der Waals surface area contributed by atoms with Gasteiger partial charge in [0.1, 0.15) is 0 Å². The number of nitrogens with zero attached hydrogens (tertiary/aromatic N) is 6. The van der Waals surface area contributed by atoms with Gasteiger partial charge in [-0.1, -0.05) is 19.3 Å². The molecule has 1 saturated carbocycles. The third-order valence-corrected chi connectivity index (χ3v) is 9.73. The number of pyridine rings is 1. The number of hydrogen-bond donors (Lipinski definition) is 0. The molecular weight excluding hydrogens is 452 g/mol. The van der Waals surface area contributed by atoms with E-state index in [9.17, 15) is 13.2 Å². The average Bonchev–Trinajstić information content (AvgIpc) is 3.11. The topological polar surface area (TPSA) is 91.6 Å². The molecule has 0 atom stereocenters. The molecule has 1 amide bonds. The molecule has 34 heavy (non-hydrogen) atoms. The van der Waals surface area contributed by atoms with Gasteiger partial charge in [0.2, 0.25) is 5.91 Å². The van der Waals surface area contributed by atoms with Crippen LogP contribution in [0.2, 0.25) is 0 Å². The van der Waals surface area contributed by atoms with Crippen molar-refractivity contribution in [2.75, 3.05) is 33.2 Å². The standard InChI is InChI=1S/C24H38N6O3S/c1-17-21(18(2)25-24-23(17)19(3)26-27(24)4)11-12-22(31)29-13-15-30(16-14-29)34(32,33)28(5)20-9-7-6-8-10-20/h20H,6-16H2,1-5H3. The third kappa shape index (κ3) is 4.72. The lowest BCUT2D eigenvalue weighted by Gasteiger charge is -2.38. The molecule has 2 aromatic rings. The minimum atomic E-state index is -3.49. The van der Waals surface area contributed by atoms with Crippen molar-refractivity contribution in [3.8, 4) is 0 Å². The second kappa shape index (κ2) is 9.91. The van der Waals surface area contributed by atoms with Gasteiger partial charge < -0.3 is 4.90 Å². The van der Waals surface area contributed by atoms with Crippen LogP contribution in [0.5, 0.6) is 0 Å². The number of carbonyl (C=O) groups is 1. The summed E-state index contributed by atoms with van der Waals surface area (Å²) in [5, 5.41) is 5.56. The number of carbonyl (C=O) groups excluding carboxylic acids is 1. The van der Waals surface area contributed by atoms with Crippen LogP contribution in [0.15, 0.2) is 0 Å². The molecule has 4 rings (SSSR count). The molecule has 10 heteroatoms. The number of hydrogen-bond acceptors (Lipinski definition) is 5. The summed E-state index contributed by atoms with van der Waals surface area (Å²) in [6, 6.07) is 0.0966. The Morgan fingerprint density at radius 2 is 1.68 bits per heavy atom. The summed E-state index contributed by atoms with van der Waals surface area (Å²) >= 11 is 0. The van der Waals surface area contributed by atoms with Crippen LogP contribution in [0.3, 0.4) is 0 Å². The summed E-state index contributed by atoms with van der Waals surface area (Å²) in [5.41, 5.74) is 5.00. The predicted molar refractivity (Wildman–Crippen MR) is 133 cm³/mol. The van der Waals surface area contributed by atoms with Crippen LogP contribution < -0.4 is 0 Å². The number of aromatic nitrogens is 3. The van der Waals surface area contributed by atoms with Crippen molar-refractivity contribution in [3.05, 3.63) is 22.5 Å². The molecule has 3 heterocycles. The maximum Gasteiger partial charge on any atom is 0.282 e. The fourth-order valence-corrected chi connectivity index (χ4v) is 7.18. The normalized spacial score (nSPS) is 18.8. The van der Waals surface area contributed by atoms with E-state index in [2.05, 4.69) is 12.0 Å². The van der Waals surface area contributed by atoms with Gasteiger partial charge in [-0.05, 0) is 51.2 Å². The molecule has 0 radical (unpaired) electrons. The van der Waals surface area contributed by atoms with E-state index < -0.39 is 10.2 Å². The largest absolute Gasteiger partial charge is 0.340 e. The van der Waals surface area contributed by atoms with Gasteiger partial charge in [0.15, 0.2) is 5.65 Å². The van der Waals surface area contributed by atoms with Crippen LogP contribution in [0.25, 0.3) is 11.0 Å². The van der Waals surface area contributed by atoms with E-state index in [4.69, 9.17) is 4.98 Å². The Hall–Kier alpha value is -2.04. The van der Waals surface area contributed by atoms with Crippen molar-refractivity contribution in [2.24, 2.45) is 7.05 Å². The molecule has 1 saturated heterocycles. The first kappa shape index (κ1) is 25.1. The van der Waals surface area contributed by atoms with Gasteiger partial charge in [0.25, 0.3) is 10.2 Å². The van der Waals surface area contributed by atoms with Crippen LogP contribution in [-0.4, -0.2) is 81.9 Å². The maximum atomic E-state index is 13.1. The van der Waals surface area contributed by atoms with Gasteiger partial charge in [-0.3, -0.25) is 9.48 Å². The second-order valence-corrected chi connectivity index (χ2v) is 11.8. The summed E-state index contributed by atoms with van der Waals surface area (Å²) in [7, 11) is 0.123. The van der Waals surface area contributed by atoms with E-state index in [1.54, 1.807) is 25.2 Å². The predicted octanol–water partition coefficient (Wildman–Crippen LogP) is 2.48. The quantitative estimate of drug-likeness (QED) is 0.620. The van der Waals surface area contributed by atoms with E-state index in [0.717, 1.165) is 59.2 Å². The number of piperazine rings is 1. The first-order chi connectivity index (χ1) is 16.1. The molecule has 2 aromatic heterocycles. The van der Waals surface area contributed by atoms with Crippen molar-refractivity contribution in [2.45, 2.75) is 71.8 Å². The van der Waals surface area contributed by atoms with Crippen LogP contribution in [0.1, 0.15) is 61.0 Å². The van der Waals surface area contributed by atoms with Crippen LogP contribution in [-0.2, 0) is 28.5 Å². The fraction of sp³-hybridized carbons (Fsp3) is 0.708. The zero-order valence-corrected chi connectivity index (χ0v) is 22.0. The summed E-state index contributed by atoms with van der Waals surface area (Å²) in [5.74, 6) is 0.0690. The smallest absolute Gasteiger partial charge is 0.282 e. The Kier molecular flexibility index (Phi) is 7.30. The molecule has 9 nitrogen and oxygen atoms in total. The molecule has 188 valence electrons. The Balaban J connectivity index is 1.36. The van der Waals surface area contributed by atoms with E-state index in [0.29, 0.717) is 39.0 Å². The minimum absolute atomic E-state index is 0.0690. The Labute approximate surface area is 203 Å². The highest BCUT2D eigenvalue weighted by Gasteiger charge is 2.35. The summed E-state index contributed by atoms with van der Waals surface area (Å²) in [6.07, 6.45) is 6.26. The van der Waals surface area contributed by atoms with Crippen LogP contribution in [0, 0.1) is 20.8 Å². The van der Waals surface area contributed by atoms with E-state index in [1.165, 1.54) is 6.42 Å². The van der Waals surface area contributed by atoms with Crippen molar-refractivity contribution in [1.82, 2.24) is 28.3 Å². The SMILES string of the molecule is Cc1nc2c(c(C)nn2C)c(C)c1CCC(=O)N1CCN(S(=O)(=O)N(C)C2CCCCC2)CC1. The number of fused-ring (bicyclic) bond motifs is 1. The summed E-state index contributed by atoms with van der Waals surface area (Å²) < 4.78 is 31.2. The molecule has 0 aromatic carbocycles. The van der Waals surface area contributed by atoms with E-state index in [-0.39, 0.29) is 11.9 Å². The fourth-order valence-electron chi connectivity index (χ4n) is 5.60. The Morgan fingerprint density at radius 3 is 2.32 bits per heavy atom. The second-order valence-electron chi connectivity index (χ2n) is 9.80. The van der Waals surface area contributed by atoms with Gasteiger partial charge >= 0.3 is 0 Å². The Morgan fingerprint density at radius 1 is 1.03 bits per heavy atom. The first-order valence-electron chi connectivity index (χ1n) is 12.4. The van der Waals surface area contributed by atoms with Gasteiger partial charge in [-0.15, -0.1) is 0 Å². The molecule has 0 bridgehead atoms. The lowest BCUT2D eigenvalue weighted by Crippen LogP contribution is -2.55. The molecule has 1 aliphatic carbocycles. The summed E-state index contributed by atoms with van der Waals surface area (Å²) in [4.78, 5) is 19.5. The summed E-state index contributed by atoms with van der Waals surface area (Å²) in [6.45, 7) is 7.64. The Bertz CT molecular complexity index is 1160. The minimum Gasteiger partial charge on any atom is -0.340 e. The molecule has 2 fully saturated rings. The van der Waals surface area contributed by atoms with Gasteiger partial charge in [0.05, 0.1) is 5.69 Å². The van der Waals surface area contributed by atoms with Gasteiger partial charge in [0, 0.05) is 63.8 Å². The van der Waals surface area contributed by atoms with Crippen LogP contribution in [0.4, 0.5) is 0 Å². The highest BCUT2D eigenvalue weighted by Crippen LogP contribution is 2.27. The average molecular weight is 491 g/mol. The van der Waals surface area contributed by atoms with Crippen molar-refractivity contribution in [1.29, 1.82) is 0 Å². The van der Waals surface area contributed by atoms with Gasteiger partial charge in [-0.2, -0.15) is 22.1 Å².